The van der Waals surface area contributed by atoms with Gasteiger partial charge in [-0.1, -0.05) is 17.7 Å². The van der Waals surface area contributed by atoms with E-state index in [0.29, 0.717) is 11.4 Å². The summed E-state index contributed by atoms with van der Waals surface area (Å²) in [5.74, 6) is 0. The largest absolute Gasteiger partial charge is 0.328 e. The van der Waals surface area contributed by atoms with Crippen molar-refractivity contribution < 1.29 is 4.92 Å². The summed E-state index contributed by atoms with van der Waals surface area (Å²) in [5, 5.41) is 11.7. The number of nitro groups is 1. The van der Waals surface area contributed by atoms with Gasteiger partial charge in [-0.05, 0) is 42.7 Å². The number of nitro benzene ring substituents is 1. The van der Waals surface area contributed by atoms with E-state index in [1.807, 2.05) is 19.1 Å². The second-order valence-electron chi connectivity index (χ2n) is 5.69. The lowest BCUT2D eigenvalue weighted by atomic mass is 10.1. The Morgan fingerprint density at radius 2 is 1.96 bits per heavy atom. The number of hydrogen-bond donors (Lipinski definition) is 1. The van der Waals surface area contributed by atoms with Gasteiger partial charge in [-0.15, -0.1) is 0 Å². The van der Waals surface area contributed by atoms with Crippen molar-refractivity contribution in [3.8, 4) is 0 Å². The van der Waals surface area contributed by atoms with E-state index in [9.17, 15) is 19.7 Å². The van der Waals surface area contributed by atoms with Crippen LogP contribution in [0.4, 0.5) is 5.69 Å². The second kappa shape index (κ2) is 6.52. The lowest BCUT2D eigenvalue weighted by Gasteiger charge is -2.09. The van der Waals surface area contributed by atoms with Crippen LogP contribution in [0.2, 0.25) is 5.02 Å². The van der Waals surface area contributed by atoms with E-state index in [1.165, 1.54) is 18.2 Å². The molecule has 8 heteroatoms. The van der Waals surface area contributed by atoms with Gasteiger partial charge < -0.3 is 4.98 Å². The number of halogens is 1. The van der Waals surface area contributed by atoms with Gasteiger partial charge in [0, 0.05) is 23.7 Å². The maximum absolute atomic E-state index is 12.5. The molecule has 0 saturated carbocycles. The van der Waals surface area contributed by atoms with Crippen LogP contribution >= 0.6 is 11.6 Å². The van der Waals surface area contributed by atoms with Crippen LogP contribution in [0.15, 0.2) is 46.0 Å². The van der Waals surface area contributed by atoms with Crippen LogP contribution in [0.5, 0.6) is 0 Å². The molecule has 7 nitrogen and oxygen atoms in total. The number of nitrogens with one attached hydrogen (secondary N) is 1. The summed E-state index contributed by atoms with van der Waals surface area (Å²) in [5.41, 5.74) is 0.873. The molecule has 0 aliphatic heterocycles. The molecule has 0 bridgehead atoms. The first-order chi connectivity index (χ1) is 11.9. The van der Waals surface area contributed by atoms with Gasteiger partial charge in [0.15, 0.2) is 0 Å². The Kier molecular flexibility index (Phi) is 4.41. The molecule has 2 aromatic carbocycles. The van der Waals surface area contributed by atoms with Crippen molar-refractivity contribution in [3.05, 3.63) is 83.5 Å². The van der Waals surface area contributed by atoms with Crippen molar-refractivity contribution >= 4 is 28.2 Å². The van der Waals surface area contributed by atoms with E-state index < -0.39 is 16.2 Å². The van der Waals surface area contributed by atoms with E-state index in [-0.39, 0.29) is 23.1 Å². The summed E-state index contributed by atoms with van der Waals surface area (Å²) in [6, 6.07) is 9.23. The van der Waals surface area contributed by atoms with Crippen molar-refractivity contribution in [3.63, 3.8) is 0 Å². The Morgan fingerprint density at radius 1 is 1.20 bits per heavy atom. The molecule has 0 amide bonds. The average molecular weight is 360 g/mol. The molecule has 1 heterocycles. The highest BCUT2D eigenvalue weighted by molar-refractivity contribution is 6.30. The number of fused-ring (bicyclic) bond motifs is 1. The smallest absolute Gasteiger partial charge is 0.306 e. The minimum Gasteiger partial charge on any atom is -0.306 e. The number of aromatic amines is 1. The standard InChI is InChI=1S/C17H14ClN3O4/c1-10-8-12(18)3-2-11(10)6-7-20-16(22)14-5-4-13(21(24)25)9-15(14)19-17(20)23/h2-5,8-9H,6-7H2,1H3,(H,19,23). The third kappa shape index (κ3) is 3.32. The predicted octanol–water partition coefficient (Wildman–Crippen LogP) is 2.80. The fraction of sp³-hybridized carbons (Fsp3) is 0.176. The monoisotopic (exact) mass is 359 g/mol. The number of benzene rings is 2. The molecule has 1 N–H and O–H groups in total. The van der Waals surface area contributed by atoms with Crippen molar-refractivity contribution in [1.82, 2.24) is 9.55 Å². The van der Waals surface area contributed by atoms with Gasteiger partial charge in [-0.3, -0.25) is 19.5 Å². The van der Waals surface area contributed by atoms with Crippen LogP contribution in [0.3, 0.4) is 0 Å². The zero-order valence-corrected chi connectivity index (χ0v) is 14.0. The summed E-state index contributed by atoms with van der Waals surface area (Å²) in [4.78, 5) is 37.5. The SMILES string of the molecule is Cc1cc(Cl)ccc1CCn1c(=O)[nH]c2cc([N+](=O)[O-])ccc2c1=O. The molecule has 3 rings (SSSR count). The quantitative estimate of drug-likeness (QED) is 0.572. The molecule has 0 saturated heterocycles. The molecular formula is C17H14ClN3O4. The highest BCUT2D eigenvalue weighted by Gasteiger charge is 2.12. The Morgan fingerprint density at radius 3 is 2.64 bits per heavy atom. The number of H-pyrrole nitrogens is 1. The van der Waals surface area contributed by atoms with Gasteiger partial charge in [0.25, 0.3) is 11.2 Å². The molecule has 0 spiro atoms. The summed E-state index contributed by atoms with van der Waals surface area (Å²) in [7, 11) is 0. The van der Waals surface area contributed by atoms with E-state index in [4.69, 9.17) is 11.6 Å². The maximum Gasteiger partial charge on any atom is 0.328 e. The number of hydrogen-bond acceptors (Lipinski definition) is 4. The Hall–Kier alpha value is -2.93. The lowest BCUT2D eigenvalue weighted by molar-refractivity contribution is -0.384. The van der Waals surface area contributed by atoms with E-state index in [0.717, 1.165) is 15.7 Å². The van der Waals surface area contributed by atoms with Gasteiger partial charge in [0.1, 0.15) is 0 Å². The molecule has 25 heavy (non-hydrogen) atoms. The molecule has 3 aromatic rings. The molecule has 128 valence electrons. The van der Waals surface area contributed by atoms with Crippen molar-refractivity contribution in [2.24, 2.45) is 0 Å². The van der Waals surface area contributed by atoms with Crippen LogP contribution in [0.25, 0.3) is 10.9 Å². The fourth-order valence-corrected chi connectivity index (χ4v) is 2.96. The topological polar surface area (TPSA) is 98.0 Å². The fourth-order valence-electron chi connectivity index (χ4n) is 2.73. The third-order valence-electron chi connectivity index (χ3n) is 4.09. The van der Waals surface area contributed by atoms with Gasteiger partial charge in [0.2, 0.25) is 0 Å². The number of aromatic nitrogens is 2. The molecule has 0 atom stereocenters. The number of non-ortho nitro benzene ring substituents is 1. The third-order valence-corrected chi connectivity index (χ3v) is 4.32. The summed E-state index contributed by atoms with van der Waals surface area (Å²) < 4.78 is 1.10. The van der Waals surface area contributed by atoms with Crippen LogP contribution in [-0.4, -0.2) is 14.5 Å². The summed E-state index contributed by atoms with van der Waals surface area (Å²) in [6.45, 7) is 2.11. The van der Waals surface area contributed by atoms with Crippen LogP contribution in [0.1, 0.15) is 11.1 Å². The van der Waals surface area contributed by atoms with E-state index >= 15 is 0 Å². The molecule has 1 aromatic heterocycles. The van der Waals surface area contributed by atoms with Crippen LogP contribution in [-0.2, 0) is 13.0 Å². The maximum atomic E-state index is 12.5. The van der Waals surface area contributed by atoms with E-state index in [1.54, 1.807) is 6.07 Å². The molecular weight excluding hydrogens is 346 g/mol. The van der Waals surface area contributed by atoms with Crippen molar-refractivity contribution in [2.75, 3.05) is 0 Å². The highest BCUT2D eigenvalue weighted by Crippen LogP contribution is 2.17. The predicted molar refractivity (Wildman–Crippen MR) is 95.4 cm³/mol. The molecule has 0 aliphatic rings. The average Bonchev–Trinajstić information content (AvgIpc) is 2.55. The van der Waals surface area contributed by atoms with Gasteiger partial charge in [0.05, 0.1) is 15.8 Å². The number of rotatable bonds is 4. The lowest BCUT2D eigenvalue weighted by Crippen LogP contribution is -2.35. The van der Waals surface area contributed by atoms with Gasteiger partial charge >= 0.3 is 5.69 Å². The van der Waals surface area contributed by atoms with Crippen LogP contribution in [0, 0.1) is 17.0 Å². The summed E-state index contributed by atoms with van der Waals surface area (Å²) in [6.07, 6.45) is 0.491. The number of nitrogens with zero attached hydrogens (tertiary/aromatic N) is 2. The first-order valence-electron chi connectivity index (χ1n) is 7.53. The van der Waals surface area contributed by atoms with Gasteiger partial charge in [-0.25, -0.2) is 4.79 Å². The minimum absolute atomic E-state index is 0.156. The Balaban J connectivity index is 1.99. The minimum atomic E-state index is -0.593. The first-order valence-corrected chi connectivity index (χ1v) is 7.91. The Labute approximate surface area is 146 Å². The van der Waals surface area contributed by atoms with Gasteiger partial charge in [-0.2, -0.15) is 0 Å². The Bertz CT molecular complexity index is 1100. The van der Waals surface area contributed by atoms with Crippen LogP contribution < -0.4 is 11.2 Å². The molecule has 0 radical (unpaired) electrons. The zero-order valence-electron chi connectivity index (χ0n) is 13.3. The van der Waals surface area contributed by atoms with E-state index in [2.05, 4.69) is 4.98 Å². The van der Waals surface area contributed by atoms with Crippen molar-refractivity contribution in [1.29, 1.82) is 0 Å². The normalized spacial score (nSPS) is 11.0. The van der Waals surface area contributed by atoms with Crippen molar-refractivity contribution in [2.45, 2.75) is 19.9 Å². The molecule has 0 unspecified atom stereocenters. The summed E-state index contributed by atoms with van der Waals surface area (Å²) >= 11 is 5.93. The highest BCUT2D eigenvalue weighted by atomic mass is 35.5. The second-order valence-corrected chi connectivity index (χ2v) is 6.13. The number of aryl methyl sites for hydroxylation is 2. The first kappa shape index (κ1) is 16.9. The molecule has 0 fully saturated rings. The zero-order chi connectivity index (χ0) is 18.1. The molecule has 0 aliphatic carbocycles.